The van der Waals surface area contributed by atoms with Gasteiger partial charge in [0.2, 0.25) is 0 Å². The van der Waals surface area contributed by atoms with Gasteiger partial charge < -0.3 is 4.74 Å². The van der Waals surface area contributed by atoms with E-state index >= 15 is 0 Å². The van der Waals surface area contributed by atoms with Gasteiger partial charge in [-0.3, -0.25) is 20.4 Å². The third kappa shape index (κ3) is 4.94. The van der Waals surface area contributed by atoms with Crippen molar-refractivity contribution in [2.75, 3.05) is 6.61 Å². The lowest BCUT2D eigenvalue weighted by Crippen LogP contribution is -2.43. The van der Waals surface area contributed by atoms with Crippen molar-refractivity contribution >= 4 is 39.3 Å². The third-order valence-corrected chi connectivity index (χ3v) is 3.65. The van der Waals surface area contributed by atoms with Gasteiger partial charge in [0.05, 0.1) is 10.6 Å². The highest BCUT2D eigenvalue weighted by atomic mass is 79.9. The molecular formula is C15H11BrClFN2O3. The highest BCUT2D eigenvalue weighted by Gasteiger charge is 2.12. The molecule has 0 radical (unpaired) electrons. The normalized spacial score (nSPS) is 10.0. The second-order valence-electron chi connectivity index (χ2n) is 4.35. The maximum absolute atomic E-state index is 13.0. The zero-order valence-electron chi connectivity index (χ0n) is 11.6. The summed E-state index contributed by atoms with van der Waals surface area (Å²) in [4.78, 5) is 23.5. The number of benzene rings is 2. The zero-order valence-corrected chi connectivity index (χ0v) is 13.9. The Morgan fingerprint density at radius 2 is 1.91 bits per heavy atom. The molecule has 2 amide bonds. The molecule has 2 N–H and O–H groups in total. The van der Waals surface area contributed by atoms with Crippen LogP contribution in [0.2, 0.25) is 5.02 Å². The Labute approximate surface area is 144 Å². The number of ether oxygens (including phenoxy) is 1. The van der Waals surface area contributed by atoms with Crippen molar-refractivity contribution < 1.29 is 18.7 Å². The van der Waals surface area contributed by atoms with Gasteiger partial charge in [-0.05, 0) is 46.3 Å². The summed E-state index contributed by atoms with van der Waals surface area (Å²) in [5.74, 6) is -1.29. The molecule has 0 fully saturated rings. The van der Waals surface area contributed by atoms with Crippen molar-refractivity contribution in [1.29, 1.82) is 0 Å². The fourth-order valence-electron chi connectivity index (χ4n) is 1.61. The average molecular weight is 402 g/mol. The molecule has 0 bridgehead atoms. The van der Waals surface area contributed by atoms with E-state index < -0.39 is 17.6 Å². The van der Waals surface area contributed by atoms with Crippen LogP contribution in [0.5, 0.6) is 5.75 Å². The van der Waals surface area contributed by atoms with E-state index in [4.69, 9.17) is 16.3 Å². The molecule has 0 aliphatic carbocycles. The number of carbonyl (C=O) groups is 2. The fourth-order valence-corrected chi connectivity index (χ4v) is 2.33. The predicted molar refractivity (Wildman–Crippen MR) is 86.7 cm³/mol. The first-order valence-electron chi connectivity index (χ1n) is 6.39. The van der Waals surface area contributed by atoms with Gasteiger partial charge in [0.1, 0.15) is 11.6 Å². The Morgan fingerprint density at radius 1 is 1.17 bits per heavy atom. The highest BCUT2D eigenvalue weighted by molar-refractivity contribution is 9.10. The summed E-state index contributed by atoms with van der Waals surface area (Å²) < 4.78 is 18.5. The van der Waals surface area contributed by atoms with E-state index in [9.17, 15) is 14.0 Å². The van der Waals surface area contributed by atoms with Gasteiger partial charge in [-0.15, -0.1) is 0 Å². The molecule has 120 valence electrons. The number of nitrogens with one attached hydrogen (secondary N) is 2. The Morgan fingerprint density at radius 3 is 2.61 bits per heavy atom. The first kappa shape index (κ1) is 17.2. The van der Waals surface area contributed by atoms with Crippen molar-refractivity contribution in [3.63, 3.8) is 0 Å². The van der Waals surface area contributed by atoms with Crippen LogP contribution in [0.3, 0.4) is 0 Å². The van der Waals surface area contributed by atoms with E-state index in [0.717, 1.165) is 12.1 Å². The molecule has 0 spiro atoms. The molecule has 2 aromatic carbocycles. The maximum atomic E-state index is 13.0. The molecule has 23 heavy (non-hydrogen) atoms. The standard InChI is InChI=1S/C15H11BrClFN2O3/c16-11-7-9(18)5-6-10(11)15(22)20-19-14(21)8-23-13-4-2-1-3-12(13)17/h1-7H,8H2,(H,19,21)(H,20,22). The summed E-state index contributed by atoms with van der Waals surface area (Å²) in [6.07, 6.45) is 0. The van der Waals surface area contributed by atoms with E-state index in [-0.39, 0.29) is 16.6 Å². The summed E-state index contributed by atoms with van der Waals surface area (Å²) in [5.41, 5.74) is 4.58. The van der Waals surface area contributed by atoms with Gasteiger partial charge >= 0.3 is 0 Å². The summed E-state index contributed by atoms with van der Waals surface area (Å²) >= 11 is 8.95. The lowest BCUT2D eigenvalue weighted by atomic mass is 10.2. The average Bonchev–Trinajstić information content (AvgIpc) is 2.52. The van der Waals surface area contributed by atoms with Crippen LogP contribution in [0, 0.1) is 5.82 Å². The van der Waals surface area contributed by atoms with Crippen LogP contribution in [-0.4, -0.2) is 18.4 Å². The molecule has 0 atom stereocenters. The molecule has 8 heteroatoms. The number of rotatable bonds is 4. The lowest BCUT2D eigenvalue weighted by Gasteiger charge is -2.10. The number of amides is 2. The van der Waals surface area contributed by atoms with E-state index in [1.54, 1.807) is 24.3 Å². The van der Waals surface area contributed by atoms with Gasteiger partial charge in [-0.1, -0.05) is 23.7 Å². The van der Waals surface area contributed by atoms with Crippen molar-refractivity contribution in [3.05, 3.63) is 63.3 Å². The summed E-state index contributed by atoms with van der Waals surface area (Å²) in [6.45, 7) is -0.325. The first-order chi connectivity index (χ1) is 11.0. The van der Waals surface area contributed by atoms with E-state index in [1.165, 1.54) is 6.07 Å². The number of para-hydroxylation sites is 1. The van der Waals surface area contributed by atoms with E-state index in [2.05, 4.69) is 26.8 Å². The van der Waals surface area contributed by atoms with Gasteiger partial charge in [0.15, 0.2) is 6.61 Å². The number of hydrogen-bond acceptors (Lipinski definition) is 3. The molecule has 2 rings (SSSR count). The largest absolute Gasteiger partial charge is 0.482 e. The van der Waals surface area contributed by atoms with E-state index in [1.807, 2.05) is 0 Å². The smallest absolute Gasteiger partial charge is 0.276 e. The molecule has 0 aliphatic heterocycles. The molecule has 0 saturated carbocycles. The van der Waals surface area contributed by atoms with Crippen molar-refractivity contribution in [2.24, 2.45) is 0 Å². The molecule has 0 aliphatic rings. The third-order valence-electron chi connectivity index (χ3n) is 2.69. The number of hydrazine groups is 1. The molecular weight excluding hydrogens is 391 g/mol. The maximum Gasteiger partial charge on any atom is 0.276 e. The quantitative estimate of drug-likeness (QED) is 0.774. The van der Waals surface area contributed by atoms with Crippen molar-refractivity contribution in [1.82, 2.24) is 10.9 Å². The fraction of sp³-hybridized carbons (Fsp3) is 0.0667. The van der Waals surface area contributed by atoms with E-state index in [0.29, 0.717) is 10.8 Å². The molecule has 0 saturated heterocycles. The van der Waals surface area contributed by atoms with Crippen LogP contribution in [0.15, 0.2) is 46.9 Å². The predicted octanol–water partition coefficient (Wildman–Crippen LogP) is 3.08. The zero-order chi connectivity index (χ0) is 16.8. The van der Waals surface area contributed by atoms with Gasteiger partial charge in [-0.2, -0.15) is 0 Å². The molecule has 0 aromatic heterocycles. The highest BCUT2D eigenvalue weighted by Crippen LogP contribution is 2.22. The van der Waals surface area contributed by atoms with Gasteiger partial charge in [0, 0.05) is 4.47 Å². The van der Waals surface area contributed by atoms with Crippen LogP contribution in [0.1, 0.15) is 10.4 Å². The Balaban J connectivity index is 1.84. The topological polar surface area (TPSA) is 67.4 Å². The minimum atomic E-state index is -0.594. The number of hydrogen-bond donors (Lipinski definition) is 2. The Hall–Kier alpha value is -2.12. The van der Waals surface area contributed by atoms with Crippen LogP contribution in [0.25, 0.3) is 0 Å². The van der Waals surface area contributed by atoms with Crippen LogP contribution < -0.4 is 15.6 Å². The Kier molecular flexibility index (Phi) is 5.95. The summed E-state index contributed by atoms with van der Waals surface area (Å²) in [7, 11) is 0. The van der Waals surface area contributed by atoms with Crippen LogP contribution in [-0.2, 0) is 4.79 Å². The second kappa shape index (κ2) is 7.94. The van der Waals surface area contributed by atoms with Gasteiger partial charge in [-0.25, -0.2) is 4.39 Å². The molecule has 5 nitrogen and oxygen atoms in total. The van der Waals surface area contributed by atoms with Gasteiger partial charge in [0.25, 0.3) is 11.8 Å². The van der Waals surface area contributed by atoms with Crippen molar-refractivity contribution in [3.8, 4) is 5.75 Å². The molecule has 2 aromatic rings. The first-order valence-corrected chi connectivity index (χ1v) is 7.56. The second-order valence-corrected chi connectivity index (χ2v) is 5.61. The number of carbonyl (C=O) groups excluding carboxylic acids is 2. The minimum absolute atomic E-state index is 0.179. The van der Waals surface area contributed by atoms with Crippen molar-refractivity contribution in [2.45, 2.75) is 0 Å². The summed E-state index contributed by atoms with van der Waals surface area (Å²) in [6, 6.07) is 10.3. The summed E-state index contributed by atoms with van der Waals surface area (Å²) in [5, 5.41) is 0.375. The molecule has 0 heterocycles. The van der Waals surface area contributed by atoms with Crippen LogP contribution >= 0.6 is 27.5 Å². The lowest BCUT2D eigenvalue weighted by molar-refractivity contribution is -0.123. The Bertz CT molecular complexity index is 742. The number of halogens is 3. The minimum Gasteiger partial charge on any atom is -0.482 e. The van der Waals surface area contributed by atoms with Crippen LogP contribution in [0.4, 0.5) is 4.39 Å². The molecule has 0 unspecified atom stereocenters. The monoisotopic (exact) mass is 400 g/mol. The SMILES string of the molecule is O=C(COc1ccccc1Cl)NNC(=O)c1ccc(F)cc1Br.